The van der Waals surface area contributed by atoms with E-state index in [9.17, 15) is 4.79 Å². The standard InChI is InChI=1S/C13H10BrNO4/c1-18-8-2-3-9(13(16)17)12(6-8)19-11-4-5-15-7-10(11)14/h2-7H,1H3,(H,16,17). The number of carbonyl (C=O) groups is 1. The van der Waals surface area contributed by atoms with Crippen LogP contribution in [-0.4, -0.2) is 23.2 Å². The highest BCUT2D eigenvalue weighted by atomic mass is 79.9. The van der Waals surface area contributed by atoms with Crippen LogP contribution in [0.2, 0.25) is 0 Å². The van der Waals surface area contributed by atoms with E-state index >= 15 is 0 Å². The van der Waals surface area contributed by atoms with Gasteiger partial charge in [-0.15, -0.1) is 0 Å². The molecule has 0 amide bonds. The third-order valence-electron chi connectivity index (χ3n) is 2.37. The van der Waals surface area contributed by atoms with Crippen molar-refractivity contribution in [1.82, 2.24) is 4.98 Å². The van der Waals surface area contributed by atoms with Crippen LogP contribution in [0, 0.1) is 0 Å². The summed E-state index contributed by atoms with van der Waals surface area (Å²) in [5, 5.41) is 9.13. The van der Waals surface area contributed by atoms with Crippen molar-refractivity contribution in [3.63, 3.8) is 0 Å². The summed E-state index contributed by atoms with van der Waals surface area (Å²) in [5.74, 6) is 0.137. The Hall–Kier alpha value is -2.08. The first kappa shape index (κ1) is 13.4. The number of hydrogen-bond acceptors (Lipinski definition) is 4. The number of carboxylic acid groups (broad SMARTS) is 1. The maximum absolute atomic E-state index is 11.2. The summed E-state index contributed by atoms with van der Waals surface area (Å²) < 4.78 is 11.3. The summed E-state index contributed by atoms with van der Waals surface area (Å²) in [6.45, 7) is 0. The van der Waals surface area contributed by atoms with Crippen LogP contribution in [0.25, 0.3) is 0 Å². The van der Waals surface area contributed by atoms with Crippen molar-refractivity contribution in [3.8, 4) is 17.2 Å². The molecule has 1 aromatic heterocycles. The number of nitrogens with zero attached hydrogens (tertiary/aromatic N) is 1. The Labute approximate surface area is 117 Å². The Balaban J connectivity index is 2.43. The summed E-state index contributed by atoms with van der Waals surface area (Å²) in [5.41, 5.74) is 0.0597. The van der Waals surface area contributed by atoms with E-state index in [0.717, 1.165) is 0 Å². The van der Waals surface area contributed by atoms with E-state index in [0.29, 0.717) is 16.0 Å². The molecule has 0 saturated carbocycles. The predicted octanol–water partition coefficient (Wildman–Crippen LogP) is 3.34. The Bertz CT molecular complexity index is 615. The maximum Gasteiger partial charge on any atom is 0.339 e. The summed E-state index contributed by atoms with van der Waals surface area (Å²) in [4.78, 5) is 15.1. The zero-order chi connectivity index (χ0) is 13.8. The molecule has 2 rings (SSSR count). The quantitative estimate of drug-likeness (QED) is 0.934. The Morgan fingerprint density at radius 1 is 1.32 bits per heavy atom. The number of methoxy groups -OCH3 is 1. The van der Waals surface area contributed by atoms with Crippen LogP contribution >= 0.6 is 15.9 Å². The van der Waals surface area contributed by atoms with Gasteiger partial charge in [0.2, 0.25) is 0 Å². The molecular formula is C13H10BrNO4. The number of hydrogen-bond donors (Lipinski definition) is 1. The van der Waals surface area contributed by atoms with Crippen LogP contribution in [0.5, 0.6) is 17.2 Å². The van der Waals surface area contributed by atoms with Gasteiger partial charge in [-0.25, -0.2) is 4.79 Å². The van der Waals surface area contributed by atoms with Crippen LogP contribution in [0.3, 0.4) is 0 Å². The van der Waals surface area contributed by atoms with Gasteiger partial charge in [-0.3, -0.25) is 4.98 Å². The summed E-state index contributed by atoms with van der Waals surface area (Å²) >= 11 is 3.28. The summed E-state index contributed by atoms with van der Waals surface area (Å²) in [6.07, 6.45) is 3.12. The zero-order valence-electron chi connectivity index (χ0n) is 9.96. The minimum absolute atomic E-state index is 0.0597. The number of halogens is 1. The fourth-order valence-electron chi connectivity index (χ4n) is 1.45. The molecule has 0 radical (unpaired) electrons. The Kier molecular flexibility index (Phi) is 4.01. The van der Waals surface area contributed by atoms with Crippen molar-refractivity contribution in [2.45, 2.75) is 0 Å². The van der Waals surface area contributed by atoms with Crippen LogP contribution < -0.4 is 9.47 Å². The van der Waals surface area contributed by atoms with Gasteiger partial charge in [0, 0.05) is 24.5 Å². The van der Waals surface area contributed by atoms with E-state index in [4.69, 9.17) is 14.6 Å². The molecule has 0 bridgehead atoms. The third-order valence-corrected chi connectivity index (χ3v) is 2.97. The van der Waals surface area contributed by atoms with E-state index in [1.807, 2.05) is 0 Å². The second kappa shape index (κ2) is 5.71. The molecule has 98 valence electrons. The van der Waals surface area contributed by atoms with Crippen molar-refractivity contribution in [3.05, 3.63) is 46.7 Å². The molecule has 0 atom stereocenters. The van der Waals surface area contributed by atoms with Gasteiger partial charge in [-0.05, 0) is 28.1 Å². The molecule has 1 heterocycles. The molecule has 19 heavy (non-hydrogen) atoms. The largest absolute Gasteiger partial charge is 0.497 e. The van der Waals surface area contributed by atoms with Crippen molar-refractivity contribution < 1.29 is 19.4 Å². The molecule has 0 saturated heterocycles. The number of benzene rings is 1. The minimum atomic E-state index is -1.07. The highest BCUT2D eigenvalue weighted by Gasteiger charge is 2.14. The molecular weight excluding hydrogens is 314 g/mol. The van der Waals surface area contributed by atoms with Crippen molar-refractivity contribution in [1.29, 1.82) is 0 Å². The second-order valence-electron chi connectivity index (χ2n) is 3.58. The number of aromatic nitrogens is 1. The fraction of sp³-hybridized carbons (Fsp3) is 0.0769. The van der Waals surface area contributed by atoms with Crippen molar-refractivity contribution in [2.75, 3.05) is 7.11 Å². The highest BCUT2D eigenvalue weighted by molar-refractivity contribution is 9.10. The van der Waals surface area contributed by atoms with Crippen LogP contribution in [0.15, 0.2) is 41.1 Å². The molecule has 0 fully saturated rings. The maximum atomic E-state index is 11.2. The van der Waals surface area contributed by atoms with Gasteiger partial charge < -0.3 is 14.6 Å². The topological polar surface area (TPSA) is 68.7 Å². The molecule has 0 aliphatic carbocycles. The number of ether oxygens (including phenoxy) is 2. The van der Waals surface area contributed by atoms with Gasteiger partial charge >= 0.3 is 5.97 Å². The third kappa shape index (κ3) is 3.03. The second-order valence-corrected chi connectivity index (χ2v) is 4.43. The monoisotopic (exact) mass is 323 g/mol. The molecule has 0 aliphatic rings. The van der Waals surface area contributed by atoms with Gasteiger partial charge in [-0.1, -0.05) is 0 Å². The lowest BCUT2D eigenvalue weighted by molar-refractivity contribution is 0.0694. The van der Waals surface area contributed by atoms with Gasteiger partial charge in [-0.2, -0.15) is 0 Å². The van der Waals surface area contributed by atoms with Gasteiger partial charge in [0.1, 0.15) is 22.8 Å². The summed E-state index contributed by atoms with van der Waals surface area (Å²) in [6, 6.07) is 6.16. The highest BCUT2D eigenvalue weighted by Crippen LogP contribution is 2.32. The number of pyridine rings is 1. The van der Waals surface area contributed by atoms with Gasteiger partial charge in [0.15, 0.2) is 0 Å². The first-order valence-corrected chi connectivity index (χ1v) is 6.10. The first-order chi connectivity index (χ1) is 9.11. The zero-order valence-corrected chi connectivity index (χ0v) is 11.5. The number of aromatic carboxylic acids is 1. The predicted molar refractivity (Wildman–Crippen MR) is 72.0 cm³/mol. The summed E-state index contributed by atoms with van der Waals surface area (Å²) in [7, 11) is 1.50. The molecule has 1 N–H and O–H groups in total. The molecule has 2 aromatic rings. The van der Waals surface area contributed by atoms with Gasteiger partial charge in [0.25, 0.3) is 0 Å². The van der Waals surface area contributed by atoms with Crippen LogP contribution in [-0.2, 0) is 0 Å². The molecule has 1 aromatic carbocycles. The van der Waals surface area contributed by atoms with Crippen LogP contribution in [0.4, 0.5) is 0 Å². The molecule has 0 spiro atoms. The normalized spacial score (nSPS) is 10.0. The van der Waals surface area contributed by atoms with E-state index < -0.39 is 5.97 Å². The molecule has 0 unspecified atom stereocenters. The van der Waals surface area contributed by atoms with Crippen LogP contribution in [0.1, 0.15) is 10.4 Å². The SMILES string of the molecule is COc1ccc(C(=O)O)c(Oc2ccncc2Br)c1. The lowest BCUT2D eigenvalue weighted by Crippen LogP contribution is -2.00. The van der Waals surface area contributed by atoms with E-state index in [1.165, 1.54) is 19.2 Å². The lowest BCUT2D eigenvalue weighted by Gasteiger charge is -2.11. The van der Waals surface area contributed by atoms with E-state index in [1.54, 1.807) is 24.5 Å². The first-order valence-electron chi connectivity index (χ1n) is 5.30. The van der Waals surface area contributed by atoms with E-state index in [2.05, 4.69) is 20.9 Å². The number of carboxylic acids is 1. The molecule has 5 nitrogen and oxygen atoms in total. The lowest BCUT2D eigenvalue weighted by atomic mass is 10.2. The number of rotatable bonds is 4. The molecule has 6 heteroatoms. The van der Waals surface area contributed by atoms with Gasteiger partial charge in [0.05, 0.1) is 11.6 Å². The molecule has 0 aliphatic heterocycles. The average molecular weight is 324 g/mol. The minimum Gasteiger partial charge on any atom is -0.497 e. The Morgan fingerprint density at radius 3 is 2.74 bits per heavy atom. The smallest absolute Gasteiger partial charge is 0.339 e. The van der Waals surface area contributed by atoms with Crippen molar-refractivity contribution >= 4 is 21.9 Å². The Morgan fingerprint density at radius 2 is 2.11 bits per heavy atom. The fourth-order valence-corrected chi connectivity index (χ4v) is 1.79. The van der Waals surface area contributed by atoms with E-state index in [-0.39, 0.29) is 11.3 Å². The van der Waals surface area contributed by atoms with Crippen molar-refractivity contribution in [2.24, 2.45) is 0 Å². The average Bonchev–Trinajstić information content (AvgIpc) is 2.41.